The number of hydrogen-bond donors (Lipinski definition) is 2. The predicted octanol–water partition coefficient (Wildman–Crippen LogP) is 3.59. The van der Waals surface area contributed by atoms with E-state index in [2.05, 4.69) is 21.2 Å². The Bertz CT molecular complexity index is 579. The average Bonchev–Trinajstić information content (AvgIpc) is 2.35. The highest BCUT2D eigenvalue weighted by atomic mass is 79.9. The van der Waals surface area contributed by atoms with E-state index in [0.717, 1.165) is 15.7 Å². The van der Waals surface area contributed by atoms with Crippen LogP contribution in [0.4, 0.5) is 11.4 Å². The fourth-order valence-corrected chi connectivity index (χ4v) is 1.77. The quantitative estimate of drug-likeness (QED) is 0.833. The third-order valence-electron chi connectivity index (χ3n) is 2.57. The van der Waals surface area contributed by atoms with Gasteiger partial charge in [-0.3, -0.25) is 4.79 Å². The lowest BCUT2D eigenvalue weighted by Gasteiger charge is -2.07. The van der Waals surface area contributed by atoms with Gasteiger partial charge in [-0.05, 0) is 53.2 Å². The first-order valence-corrected chi connectivity index (χ1v) is 6.28. The number of hydrogen-bond acceptors (Lipinski definition) is 2. The summed E-state index contributed by atoms with van der Waals surface area (Å²) in [6.45, 7) is 2.00. The van der Waals surface area contributed by atoms with Crippen LogP contribution in [0.2, 0.25) is 0 Å². The number of halogens is 1. The van der Waals surface area contributed by atoms with E-state index in [1.165, 1.54) is 0 Å². The molecule has 0 radical (unpaired) electrons. The van der Waals surface area contributed by atoms with E-state index in [1.807, 2.05) is 31.2 Å². The normalized spacial score (nSPS) is 10.1. The summed E-state index contributed by atoms with van der Waals surface area (Å²) >= 11 is 3.30. The van der Waals surface area contributed by atoms with Crippen molar-refractivity contribution < 1.29 is 4.79 Å². The Balaban J connectivity index is 2.16. The van der Waals surface area contributed by atoms with Crippen molar-refractivity contribution in [3.63, 3.8) is 0 Å². The third-order valence-corrected chi connectivity index (χ3v) is 3.29. The van der Waals surface area contributed by atoms with Crippen molar-refractivity contribution in [2.45, 2.75) is 6.92 Å². The lowest BCUT2D eigenvalue weighted by molar-refractivity contribution is 0.102. The number of amides is 1. The molecule has 0 aliphatic heterocycles. The van der Waals surface area contributed by atoms with Crippen LogP contribution in [0.25, 0.3) is 0 Å². The smallest absolute Gasteiger partial charge is 0.255 e. The molecule has 2 aromatic rings. The molecular formula is C14H13BrN2O. The number of benzene rings is 2. The lowest BCUT2D eigenvalue weighted by atomic mass is 10.1. The van der Waals surface area contributed by atoms with Gasteiger partial charge in [0.25, 0.3) is 5.91 Å². The number of nitrogen functional groups attached to an aromatic ring is 1. The second kappa shape index (κ2) is 5.23. The molecule has 3 nitrogen and oxygen atoms in total. The van der Waals surface area contributed by atoms with Crippen LogP contribution in [0.15, 0.2) is 46.9 Å². The van der Waals surface area contributed by atoms with Gasteiger partial charge in [-0.25, -0.2) is 0 Å². The van der Waals surface area contributed by atoms with E-state index in [4.69, 9.17) is 5.73 Å². The minimum atomic E-state index is -0.168. The molecule has 0 atom stereocenters. The van der Waals surface area contributed by atoms with Gasteiger partial charge >= 0.3 is 0 Å². The Morgan fingerprint density at radius 1 is 1.17 bits per heavy atom. The molecule has 0 bridgehead atoms. The SMILES string of the molecule is Cc1ccc(NC(=O)c2ccc(Br)c(N)c2)cc1. The van der Waals surface area contributed by atoms with Crippen molar-refractivity contribution in [2.75, 3.05) is 11.1 Å². The van der Waals surface area contributed by atoms with Crippen molar-refractivity contribution in [3.8, 4) is 0 Å². The van der Waals surface area contributed by atoms with Crippen LogP contribution >= 0.6 is 15.9 Å². The van der Waals surface area contributed by atoms with E-state index < -0.39 is 0 Å². The standard InChI is InChI=1S/C14H13BrN2O/c1-9-2-5-11(6-3-9)17-14(18)10-4-7-12(15)13(16)8-10/h2-8H,16H2,1H3,(H,17,18). The van der Waals surface area contributed by atoms with Gasteiger partial charge in [0.15, 0.2) is 0 Å². The van der Waals surface area contributed by atoms with Crippen molar-refractivity contribution in [3.05, 3.63) is 58.1 Å². The van der Waals surface area contributed by atoms with Gasteiger partial charge in [-0.15, -0.1) is 0 Å². The van der Waals surface area contributed by atoms with Crippen molar-refractivity contribution in [1.82, 2.24) is 0 Å². The number of nitrogens with one attached hydrogen (secondary N) is 1. The molecule has 0 aromatic heterocycles. The molecule has 2 aromatic carbocycles. The van der Waals surface area contributed by atoms with Crippen LogP contribution in [0, 0.1) is 6.92 Å². The zero-order chi connectivity index (χ0) is 13.1. The maximum Gasteiger partial charge on any atom is 0.255 e. The molecule has 0 fully saturated rings. The summed E-state index contributed by atoms with van der Waals surface area (Å²) in [6.07, 6.45) is 0. The first-order chi connectivity index (χ1) is 8.56. The maximum atomic E-state index is 12.0. The summed E-state index contributed by atoms with van der Waals surface area (Å²) in [5.41, 5.74) is 8.75. The summed E-state index contributed by atoms with van der Waals surface area (Å²) in [5, 5.41) is 2.82. The van der Waals surface area contributed by atoms with E-state index >= 15 is 0 Å². The van der Waals surface area contributed by atoms with E-state index in [9.17, 15) is 4.79 Å². The van der Waals surface area contributed by atoms with Crippen molar-refractivity contribution in [1.29, 1.82) is 0 Å². The van der Waals surface area contributed by atoms with Crippen LogP contribution in [0.5, 0.6) is 0 Å². The van der Waals surface area contributed by atoms with Crippen molar-refractivity contribution in [2.24, 2.45) is 0 Å². The number of rotatable bonds is 2. The molecule has 2 rings (SSSR count). The molecule has 0 aliphatic carbocycles. The van der Waals surface area contributed by atoms with Crippen LogP contribution in [0.1, 0.15) is 15.9 Å². The molecule has 3 N–H and O–H groups in total. The summed E-state index contributed by atoms with van der Waals surface area (Å²) in [7, 11) is 0. The summed E-state index contributed by atoms with van der Waals surface area (Å²) < 4.78 is 0.786. The zero-order valence-corrected chi connectivity index (χ0v) is 11.5. The minimum Gasteiger partial charge on any atom is -0.398 e. The number of carbonyl (C=O) groups is 1. The van der Waals surface area contributed by atoms with Gasteiger partial charge in [0.1, 0.15) is 0 Å². The first-order valence-electron chi connectivity index (χ1n) is 5.49. The number of anilines is 2. The fraction of sp³-hybridized carbons (Fsp3) is 0.0714. The summed E-state index contributed by atoms with van der Waals surface area (Å²) in [4.78, 5) is 12.0. The van der Waals surface area contributed by atoms with Crippen LogP contribution < -0.4 is 11.1 Å². The van der Waals surface area contributed by atoms with Gasteiger partial charge in [0.05, 0.1) is 0 Å². The molecule has 0 heterocycles. The topological polar surface area (TPSA) is 55.1 Å². The Morgan fingerprint density at radius 3 is 2.44 bits per heavy atom. The summed E-state index contributed by atoms with van der Waals surface area (Å²) in [6, 6.07) is 12.8. The van der Waals surface area contributed by atoms with E-state index in [1.54, 1.807) is 18.2 Å². The number of aryl methyl sites for hydroxylation is 1. The highest BCUT2D eigenvalue weighted by Gasteiger charge is 2.07. The predicted molar refractivity (Wildman–Crippen MR) is 77.7 cm³/mol. The summed E-state index contributed by atoms with van der Waals surface area (Å²) in [5.74, 6) is -0.168. The molecule has 4 heteroatoms. The van der Waals surface area contributed by atoms with Crippen molar-refractivity contribution >= 4 is 33.2 Å². The molecular weight excluding hydrogens is 292 g/mol. The van der Waals surface area contributed by atoms with Crippen LogP contribution in [0.3, 0.4) is 0 Å². The average molecular weight is 305 g/mol. The Hall–Kier alpha value is -1.81. The highest BCUT2D eigenvalue weighted by molar-refractivity contribution is 9.10. The second-order valence-electron chi connectivity index (χ2n) is 4.06. The molecule has 1 amide bonds. The lowest BCUT2D eigenvalue weighted by Crippen LogP contribution is -2.12. The molecule has 0 saturated carbocycles. The van der Waals surface area contributed by atoms with Crippen LogP contribution in [-0.2, 0) is 0 Å². The molecule has 0 aliphatic rings. The number of nitrogens with two attached hydrogens (primary N) is 1. The van der Waals surface area contributed by atoms with Gasteiger partial charge in [-0.1, -0.05) is 17.7 Å². The Morgan fingerprint density at radius 2 is 1.83 bits per heavy atom. The Kier molecular flexibility index (Phi) is 3.67. The van der Waals surface area contributed by atoms with E-state index in [-0.39, 0.29) is 5.91 Å². The molecule has 0 spiro atoms. The van der Waals surface area contributed by atoms with Crippen LogP contribution in [-0.4, -0.2) is 5.91 Å². The third kappa shape index (κ3) is 2.90. The highest BCUT2D eigenvalue weighted by Crippen LogP contribution is 2.21. The van der Waals surface area contributed by atoms with Gasteiger partial charge in [0.2, 0.25) is 0 Å². The Labute approximate surface area is 114 Å². The van der Waals surface area contributed by atoms with Gasteiger partial charge < -0.3 is 11.1 Å². The second-order valence-corrected chi connectivity index (χ2v) is 4.91. The first kappa shape index (κ1) is 12.6. The number of carbonyl (C=O) groups excluding carboxylic acids is 1. The molecule has 92 valence electrons. The fourth-order valence-electron chi connectivity index (χ4n) is 1.53. The van der Waals surface area contributed by atoms with Gasteiger partial charge in [0, 0.05) is 21.4 Å². The maximum absolute atomic E-state index is 12.0. The minimum absolute atomic E-state index is 0.168. The zero-order valence-electron chi connectivity index (χ0n) is 9.91. The van der Waals surface area contributed by atoms with E-state index in [0.29, 0.717) is 11.3 Å². The van der Waals surface area contributed by atoms with Gasteiger partial charge in [-0.2, -0.15) is 0 Å². The largest absolute Gasteiger partial charge is 0.398 e. The molecule has 18 heavy (non-hydrogen) atoms. The molecule has 0 unspecified atom stereocenters. The monoisotopic (exact) mass is 304 g/mol. The molecule has 0 saturated heterocycles.